The second kappa shape index (κ2) is 4.28. The number of carbonyl (C=O) groups is 2. The van der Waals surface area contributed by atoms with Gasteiger partial charge in [-0.05, 0) is 0 Å². The highest BCUT2D eigenvalue weighted by Crippen LogP contribution is 2.00. The second-order valence-corrected chi connectivity index (χ2v) is 2.28. The molecule has 0 aromatic carbocycles. The molecule has 0 aliphatic carbocycles. The first kappa shape index (κ1) is 9.43. The van der Waals surface area contributed by atoms with Gasteiger partial charge >= 0.3 is 11.9 Å². The van der Waals surface area contributed by atoms with E-state index in [2.05, 4.69) is 4.74 Å². The normalized spacial score (nSPS) is 12.3. The predicted molar refractivity (Wildman–Crippen MR) is 36.7 cm³/mol. The molecule has 0 heterocycles. The summed E-state index contributed by atoms with van der Waals surface area (Å²) in [6, 6.07) is 0. The van der Waals surface area contributed by atoms with Crippen molar-refractivity contribution in [3.63, 3.8) is 0 Å². The van der Waals surface area contributed by atoms with Crippen LogP contribution in [0.1, 0.15) is 13.8 Å². The lowest BCUT2D eigenvalue weighted by Crippen LogP contribution is -2.18. The summed E-state index contributed by atoms with van der Waals surface area (Å²) in [7, 11) is 0. The van der Waals surface area contributed by atoms with Gasteiger partial charge in [0.1, 0.15) is 0 Å². The zero-order chi connectivity index (χ0) is 8.15. The van der Waals surface area contributed by atoms with Gasteiger partial charge in [0.25, 0.3) is 0 Å². The number of alkyl halides is 1. The van der Waals surface area contributed by atoms with Crippen molar-refractivity contribution in [3.05, 3.63) is 0 Å². The van der Waals surface area contributed by atoms with Crippen LogP contribution in [0.15, 0.2) is 0 Å². The molecule has 0 amide bonds. The third kappa shape index (κ3) is 3.45. The SMILES string of the molecule is CC(=O)OC(=O)C(C)CCl. The van der Waals surface area contributed by atoms with Crippen molar-refractivity contribution in [2.75, 3.05) is 5.88 Å². The molecule has 0 aromatic heterocycles. The van der Waals surface area contributed by atoms with E-state index < -0.39 is 17.9 Å². The Hall–Kier alpha value is -0.570. The first-order valence-corrected chi connectivity index (χ1v) is 3.39. The van der Waals surface area contributed by atoms with Crippen molar-refractivity contribution in [2.24, 2.45) is 5.92 Å². The highest BCUT2D eigenvalue weighted by Gasteiger charge is 2.14. The zero-order valence-corrected chi connectivity index (χ0v) is 6.64. The topological polar surface area (TPSA) is 43.4 Å². The van der Waals surface area contributed by atoms with Crippen molar-refractivity contribution >= 4 is 23.5 Å². The summed E-state index contributed by atoms with van der Waals surface area (Å²) in [5.41, 5.74) is 0. The molecule has 0 bridgehead atoms. The molecule has 10 heavy (non-hydrogen) atoms. The van der Waals surface area contributed by atoms with E-state index in [-0.39, 0.29) is 5.88 Å². The molecule has 0 saturated heterocycles. The summed E-state index contributed by atoms with van der Waals surface area (Å²) in [4.78, 5) is 20.8. The lowest BCUT2D eigenvalue weighted by atomic mass is 10.2. The van der Waals surface area contributed by atoms with Crippen molar-refractivity contribution in [3.8, 4) is 0 Å². The molecule has 0 aromatic rings. The highest BCUT2D eigenvalue weighted by atomic mass is 35.5. The summed E-state index contributed by atoms with van der Waals surface area (Å²) in [5, 5.41) is 0. The summed E-state index contributed by atoms with van der Waals surface area (Å²) < 4.78 is 4.24. The van der Waals surface area contributed by atoms with Gasteiger partial charge in [0.15, 0.2) is 0 Å². The first-order valence-electron chi connectivity index (χ1n) is 2.86. The van der Waals surface area contributed by atoms with Gasteiger partial charge in [0.2, 0.25) is 0 Å². The minimum absolute atomic E-state index is 0.173. The molecule has 0 saturated carbocycles. The number of hydrogen-bond acceptors (Lipinski definition) is 3. The molecule has 1 atom stereocenters. The van der Waals surface area contributed by atoms with Gasteiger partial charge in [-0.1, -0.05) is 6.92 Å². The predicted octanol–water partition coefficient (Wildman–Crippen LogP) is 0.951. The highest BCUT2D eigenvalue weighted by molar-refractivity contribution is 6.19. The van der Waals surface area contributed by atoms with Crippen LogP contribution in [0.3, 0.4) is 0 Å². The number of carbonyl (C=O) groups excluding carboxylic acids is 2. The quantitative estimate of drug-likeness (QED) is 0.347. The van der Waals surface area contributed by atoms with Gasteiger partial charge in [-0.25, -0.2) is 0 Å². The van der Waals surface area contributed by atoms with Gasteiger partial charge in [-0.3, -0.25) is 9.59 Å². The van der Waals surface area contributed by atoms with Crippen LogP contribution in [-0.2, 0) is 14.3 Å². The largest absolute Gasteiger partial charge is 0.393 e. The Balaban J connectivity index is 3.73. The zero-order valence-electron chi connectivity index (χ0n) is 5.89. The van der Waals surface area contributed by atoms with E-state index >= 15 is 0 Å². The lowest BCUT2D eigenvalue weighted by molar-refractivity contribution is -0.160. The smallest absolute Gasteiger partial charge is 0.317 e. The minimum Gasteiger partial charge on any atom is -0.393 e. The van der Waals surface area contributed by atoms with Crippen molar-refractivity contribution in [2.45, 2.75) is 13.8 Å². The average Bonchev–Trinajstić information content (AvgIpc) is 1.85. The molecular weight excluding hydrogens is 156 g/mol. The van der Waals surface area contributed by atoms with Gasteiger partial charge in [-0.15, -0.1) is 11.6 Å². The fraction of sp³-hybridized carbons (Fsp3) is 0.667. The molecule has 4 heteroatoms. The molecule has 0 rings (SSSR count). The maximum absolute atomic E-state index is 10.7. The first-order chi connectivity index (χ1) is 4.57. The maximum Gasteiger partial charge on any atom is 0.317 e. The van der Waals surface area contributed by atoms with E-state index in [1.54, 1.807) is 6.92 Å². The van der Waals surface area contributed by atoms with Crippen LogP contribution in [0.2, 0.25) is 0 Å². The standard InChI is InChI=1S/C6H9ClO3/c1-4(3-7)6(9)10-5(2)8/h4H,3H2,1-2H3. The minimum atomic E-state index is -0.595. The summed E-state index contributed by atoms with van der Waals surface area (Å²) in [6.07, 6.45) is 0. The lowest BCUT2D eigenvalue weighted by Gasteiger charge is -2.03. The number of rotatable bonds is 2. The Labute approximate surface area is 64.3 Å². The van der Waals surface area contributed by atoms with Crippen LogP contribution in [0.5, 0.6) is 0 Å². The molecular formula is C6H9ClO3. The molecule has 0 aliphatic rings. The fourth-order valence-electron chi connectivity index (χ4n) is 0.305. The third-order valence-corrected chi connectivity index (χ3v) is 1.34. The van der Waals surface area contributed by atoms with Crippen molar-refractivity contribution in [1.29, 1.82) is 0 Å². The molecule has 58 valence electrons. The van der Waals surface area contributed by atoms with E-state index in [0.717, 1.165) is 0 Å². The van der Waals surface area contributed by atoms with Crippen LogP contribution < -0.4 is 0 Å². The summed E-state index contributed by atoms with van der Waals surface area (Å²) in [6.45, 7) is 2.77. The summed E-state index contributed by atoms with van der Waals surface area (Å²) >= 11 is 5.32. The van der Waals surface area contributed by atoms with E-state index in [4.69, 9.17) is 11.6 Å². The van der Waals surface area contributed by atoms with E-state index in [0.29, 0.717) is 0 Å². The molecule has 1 unspecified atom stereocenters. The third-order valence-electron chi connectivity index (χ3n) is 0.878. The average molecular weight is 165 g/mol. The van der Waals surface area contributed by atoms with Gasteiger partial charge < -0.3 is 4.74 Å². The van der Waals surface area contributed by atoms with Crippen LogP contribution in [0.4, 0.5) is 0 Å². The molecule has 0 radical (unpaired) electrons. The Kier molecular flexibility index (Phi) is 4.03. The number of ether oxygens (including phenoxy) is 1. The van der Waals surface area contributed by atoms with Crippen LogP contribution in [-0.4, -0.2) is 17.8 Å². The van der Waals surface area contributed by atoms with Crippen molar-refractivity contribution < 1.29 is 14.3 Å². The van der Waals surface area contributed by atoms with E-state index in [1.807, 2.05) is 0 Å². The van der Waals surface area contributed by atoms with Crippen LogP contribution in [0.25, 0.3) is 0 Å². The molecule has 0 N–H and O–H groups in total. The molecule has 0 fully saturated rings. The van der Waals surface area contributed by atoms with Gasteiger partial charge in [-0.2, -0.15) is 0 Å². The summed E-state index contributed by atoms with van der Waals surface area (Å²) in [5.74, 6) is -1.40. The van der Waals surface area contributed by atoms with E-state index in [9.17, 15) is 9.59 Å². The number of esters is 2. The van der Waals surface area contributed by atoms with Crippen LogP contribution >= 0.6 is 11.6 Å². The number of hydrogen-bond donors (Lipinski definition) is 0. The monoisotopic (exact) mass is 164 g/mol. The van der Waals surface area contributed by atoms with E-state index in [1.165, 1.54) is 6.92 Å². The van der Waals surface area contributed by atoms with Crippen LogP contribution in [0, 0.1) is 5.92 Å². The Morgan fingerprint density at radius 3 is 2.40 bits per heavy atom. The Morgan fingerprint density at radius 2 is 2.10 bits per heavy atom. The number of halogens is 1. The fourth-order valence-corrected chi connectivity index (χ4v) is 0.431. The van der Waals surface area contributed by atoms with Gasteiger partial charge in [0, 0.05) is 12.8 Å². The Morgan fingerprint density at radius 1 is 1.60 bits per heavy atom. The molecule has 3 nitrogen and oxygen atoms in total. The second-order valence-electron chi connectivity index (χ2n) is 1.97. The maximum atomic E-state index is 10.7. The molecule has 0 aliphatic heterocycles. The Bertz CT molecular complexity index is 144. The van der Waals surface area contributed by atoms with Gasteiger partial charge in [0.05, 0.1) is 5.92 Å². The van der Waals surface area contributed by atoms with Crippen molar-refractivity contribution in [1.82, 2.24) is 0 Å². The molecule has 0 spiro atoms.